The Balaban J connectivity index is 0. The van der Waals surface area contributed by atoms with Crippen molar-refractivity contribution >= 4 is 11.9 Å². The normalized spacial score (nSPS) is 10.8. The van der Waals surface area contributed by atoms with E-state index in [0.29, 0.717) is 6.42 Å². The Labute approximate surface area is 173 Å². The summed E-state index contributed by atoms with van der Waals surface area (Å²) in [5.74, 6) is -1.87. The van der Waals surface area contributed by atoms with Gasteiger partial charge in [-0.25, -0.2) is 0 Å². The first-order valence-corrected chi connectivity index (χ1v) is 8.69. The topological polar surface area (TPSA) is 103 Å². The maximum absolute atomic E-state index is 10.4. The van der Waals surface area contributed by atoms with Gasteiger partial charge in [0.05, 0.1) is 0 Å². The average molecular weight is 359 g/mol. The summed E-state index contributed by atoms with van der Waals surface area (Å²) < 4.78 is 0. The van der Waals surface area contributed by atoms with Gasteiger partial charge >= 0.3 is 35.5 Å². The number of carboxylic acids is 2. The molecule has 0 radical (unpaired) electrons. The molecule has 0 amide bonds. The standard InChI is InChI=1S/C10H20O2.C9H11NO2.Na/c1-2-3-4-5-6-7-8-9-10(11)12;10-8(9(11)12)6-7-4-2-1-3-5-7;/h2-9H2,1H3,(H,11,12);1-5,8H,6,10H2,(H,11,12);/q;;+1/p-1/t;8-;/m.0./s1. The van der Waals surface area contributed by atoms with Crippen molar-refractivity contribution in [2.45, 2.75) is 70.8 Å². The first-order valence-electron chi connectivity index (χ1n) is 8.69. The smallest absolute Gasteiger partial charge is 0.550 e. The van der Waals surface area contributed by atoms with E-state index in [0.717, 1.165) is 18.4 Å². The molecule has 6 heteroatoms. The average Bonchev–Trinajstić information content (AvgIpc) is 2.55. The molecule has 0 bridgehead atoms. The Kier molecular flexibility index (Phi) is 18.9. The number of unbranched alkanes of at least 4 members (excludes halogenated alkanes) is 6. The molecule has 1 atom stereocenters. The van der Waals surface area contributed by atoms with Crippen LogP contribution in [0.25, 0.3) is 0 Å². The predicted octanol–water partition coefficient (Wildman–Crippen LogP) is -0.478. The summed E-state index contributed by atoms with van der Waals surface area (Å²) in [6.07, 6.45) is 8.73. The summed E-state index contributed by atoms with van der Waals surface area (Å²) >= 11 is 0. The molecule has 0 fully saturated rings. The molecule has 1 aromatic rings. The predicted molar refractivity (Wildman–Crippen MR) is 93.4 cm³/mol. The van der Waals surface area contributed by atoms with Gasteiger partial charge in [-0.3, -0.25) is 4.79 Å². The van der Waals surface area contributed by atoms with Crippen LogP contribution in [0.15, 0.2) is 30.3 Å². The van der Waals surface area contributed by atoms with Gasteiger partial charge in [0.2, 0.25) is 0 Å². The van der Waals surface area contributed by atoms with Gasteiger partial charge in [0.15, 0.2) is 0 Å². The minimum atomic E-state index is -0.959. The molecular weight excluding hydrogens is 329 g/mol. The minimum absolute atomic E-state index is 0. The van der Waals surface area contributed by atoms with Crippen molar-refractivity contribution in [1.82, 2.24) is 0 Å². The van der Waals surface area contributed by atoms with E-state index in [9.17, 15) is 14.7 Å². The van der Waals surface area contributed by atoms with Crippen LogP contribution in [-0.2, 0) is 16.0 Å². The summed E-state index contributed by atoms with van der Waals surface area (Å²) in [5, 5.41) is 18.5. The second-order valence-electron chi connectivity index (χ2n) is 5.88. The number of hydrogen-bond acceptors (Lipinski definition) is 4. The zero-order chi connectivity index (χ0) is 18.2. The van der Waals surface area contributed by atoms with E-state index in [2.05, 4.69) is 6.92 Å². The van der Waals surface area contributed by atoms with Crippen LogP contribution in [0, 0.1) is 0 Å². The molecule has 0 aromatic heterocycles. The Morgan fingerprint density at radius 1 is 1.04 bits per heavy atom. The molecule has 3 N–H and O–H groups in total. The number of aliphatic carboxylic acids is 2. The van der Waals surface area contributed by atoms with E-state index in [4.69, 9.17) is 10.8 Å². The van der Waals surface area contributed by atoms with Crippen molar-refractivity contribution in [3.8, 4) is 0 Å². The molecule has 0 unspecified atom stereocenters. The van der Waals surface area contributed by atoms with Crippen molar-refractivity contribution in [3.63, 3.8) is 0 Å². The Hall–Kier alpha value is -0.880. The molecule has 0 spiro atoms. The Bertz CT molecular complexity index is 454. The van der Waals surface area contributed by atoms with Gasteiger partial charge in [-0.1, -0.05) is 75.8 Å². The molecule has 136 valence electrons. The van der Waals surface area contributed by atoms with Gasteiger partial charge < -0.3 is 20.7 Å². The number of carbonyl (C=O) groups is 2. The van der Waals surface area contributed by atoms with Crippen LogP contribution in [0.5, 0.6) is 0 Å². The zero-order valence-corrected chi connectivity index (χ0v) is 17.6. The summed E-state index contributed by atoms with van der Waals surface area (Å²) in [5.41, 5.74) is 6.30. The van der Waals surface area contributed by atoms with Crippen LogP contribution >= 0.6 is 0 Å². The van der Waals surface area contributed by atoms with Crippen LogP contribution in [0.1, 0.15) is 63.9 Å². The minimum Gasteiger partial charge on any atom is -0.550 e. The monoisotopic (exact) mass is 359 g/mol. The molecule has 0 saturated heterocycles. The largest absolute Gasteiger partial charge is 1.00 e. The number of carboxylic acid groups (broad SMARTS) is 2. The molecule has 5 nitrogen and oxygen atoms in total. The van der Waals surface area contributed by atoms with Gasteiger partial charge in [0, 0.05) is 5.97 Å². The molecule has 0 aliphatic carbocycles. The summed E-state index contributed by atoms with van der Waals surface area (Å²) in [6, 6.07) is 8.54. The number of nitrogens with two attached hydrogens (primary N) is 1. The molecular formula is C19H30NNaO4. The van der Waals surface area contributed by atoms with Crippen molar-refractivity contribution in [2.24, 2.45) is 5.73 Å². The SMILES string of the molecule is CCCCCCCCCC(=O)[O-].N[C@@H](Cc1ccccc1)C(=O)O.[Na+]. The number of carbonyl (C=O) groups excluding carboxylic acids is 1. The van der Waals surface area contributed by atoms with E-state index >= 15 is 0 Å². The molecule has 1 aromatic carbocycles. The number of benzene rings is 1. The molecule has 0 saturated carbocycles. The van der Waals surface area contributed by atoms with Crippen LogP contribution in [0.2, 0.25) is 0 Å². The van der Waals surface area contributed by atoms with Crippen LogP contribution in [-0.4, -0.2) is 23.1 Å². The van der Waals surface area contributed by atoms with Crippen LogP contribution < -0.4 is 40.4 Å². The van der Waals surface area contributed by atoms with E-state index in [-0.39, 0.29) is 36.0 Å². The second-order valence-corrected chi connectivity index (χ2v) is 5.88. The fraction of sp³-hybridized carbons (Fsp3) is 0.579. The van der Waals surface area contributed by atoms with Gasteiger partial charge in [0.1, 0.15) is 6.04 Å². The first-order chi connectivity index (χ1) is 11.5. The van der Waals surface area contributed by atoms with E-state index in [1.54, 1.807) is 0 Å². The van der Waals surface area contributed by atoms with Gasteiger partial charge in [-0.15, -0.1) is 0 Å². The summed E-state index contributed by atoms with van der Waals surface area (Å²) in [4.78, 5) is 20.4. The van der Waals surface area contributed by atoms with E-state index in [1.807, 2.05) is 30.3 Å². The first kappa shape index (κ1) is 26.4. The summed E-state index contributed by atoms with van der Waals surface area (Å²) in [6.45, 7) is 2.19. The third-order valence-corrected chi connectivity index (χ3v) is 3.60. The van der Waals surface area contributed by atoms with Crippen LogP contribution in [0.3, 0.4) is 0 Å². The van der Waals surface area contributed by atoms with Crippen LogP contribution in [0.4, 0.5) is 0 Å². The van der Waals surface area contributed by atoms with E-state index < -0.39 is 18.0 Å². The molecule has 25 heavy (non-hydrogen) atoms. The van der Waals surface area contributed by atoms with Crippen molar-refractivity contribution < 1.29 is 49.4 Å². The molecule has 0 aliphatic heterocycles. The van der Waals surface area contributed by atoms with Gasteiger partial charge in [-0.2, -0.15) is 0 Å². The molecule has 0 aliphatic rings. The fourth-order valence-electron chi connectivity index (χ4n) is 2.18. The maximum atomic E-state index is 10.4. The fourth-order valence-corrected chi connectivity index (χ4v) is 2.18. The number of rotatable bonds is 11. The van der Waals surface area contributed by atoms with Gasteiger partial charge in [0.25, 0.3) is 0 Å². The van der Waals surface area contributed by atoms with Crippen molar-refractivity contribution in [1.29, 1.82) is 0 Å². The van der Waals surface area contributed by atoms with Crippen molar-refractivity contribution in [3.05, 3.63) is 35.9 Å². The Morgan fingerprint density at radius 2 is 1.56 bits per heavy atom. The molecule has 0 heterocycles. The van der Waals surface area contributed by atoms with Crippen molar-refractivity contribution in [2.75, 3.05) is 0 Å². The second kappa shape index (κ2) is 17.9. The third kappa shape index (κ3) is 17.7. The molecule has 1 rings (SSSR count). The third-order valence-electron chi connectivity index (χ3n) is 3.60. The summed E-state index contributed by atoms with van der Waals surface area (Å²) in [7, 11) is 0. The van der Waals surface area contributed by atoms with Gasteiger partial charge in [-0.05, 0) is 24.8 Å². The Morgan fingerprint density at radius 3 is 2.04 bits per heavy atom. The maximum Gasteiger partial charge on any atom is 1.00 e. The number of hydrogen-bond donors (Lipinski definition) is 2. The zero-order valence-electron chi connectivity index (χ0n) is 15.6. The van der Waals surface area contributed by atoms with E-state index in [1.165, 1.54) is 32.1 Å². The quantitative estimate of drug-likeness (QED) is 0.410.